The minimum Gasteiger partial charge on any atom is -0.488 e. The highest BCUT2D eigenvalue weighted by molar-refractivity contribution is 5.98. The highest BCUT2D eigenvalue weighted by atomic mass is 16.5. The van der Waals surface area contributed by atoms with E-state index in [2.05, 4.69) is 6.07 Å². The van der Waals surface area contributed by atoms with Crippen LogP contribution in [-0.2, 0) is 11.3 Å². The largest absolute Gasteiger partial charge is 0.488 e. The molecule has 0 amide bonds. The Labute approximate surface area is 152 Å². The lowest BCUT2D eigenvalue weighted by molar-refractivity contribution is 0.0601. The van der Waals surface area contributed by atoms with E-state index in [1.54, 1.807) is 24.3 Å². The number of carbonyl (C=O) groups excluding carboxylic acids is 1. The number of benzene rings is 3. The van der Waals surface area contributed by atoms with Crippen LogP contribution in [0.3, 0.4) is 0 Å². The van der Waals surface area contributed by atoms with E-state index in [-0.39, 0.29) is 5.97 Å². The fraction of sp³-hybridized carbons (Fsp3) is 0.0909. The van der Waals surface area contributed by atoms with Crippen LogP contribution >= 0.6 is 0 Å². The quantitative estimate of drug-likeness (QED) is 0.636. The third-order valence-corrected chi connectivity index (χ3v) is 3.99. The minimum atomic E-state index is -0.387. The van der Waals surface area contributed by atoms with E-state index in [0.29, 0.717) is 23.5 Å². The molecule has 128 valence electrons. The monoisotopic (exact) mass is 343 g/mol. The van der Waals surface area contributed by atoms with Crippen molar-refractivity contribution in [3.8, 4) is 22.9 Å². The third kappa shape index (κ3) is 3.73. The molecule has 4 heteroatoms. The van der Waals surface area contributed by atoms with Gasteiger partial charge in [-0.1, -0.05) is 48.5 Å². The highest BCUT2D eigenvalue weighted by Crippen LogP contribution is 2.33. The topological polar surface area (TPSA) is 59.3 Å². The normalized spacial score (nSPS) is 10.0. The van der Waals surface area contributed by atoms with Crippen molar-refractivity contribution in [2.75, 3.05) is 7.11 Å². The molecule has 0 aliphatic rings. The smallest absolute Gasteiger partial charge is 0.338 e. The predicted octanol–water partition coefficient (Wildman–Crippen LogP) is 4.59. The summed E-state index contributed by atoms with van der Waals surface area (Å²) in [4.78, 5) is 12.1. The first-order chi connectivity index (χ1) is 12.7. The van der Waals surface area contributed by atoms with Crippen LogP contribution in [0.2, 0.25) is 0 Å². The van der Waals surface area contributed by atoms with Crippen LogP contribution in [0.4, 0.5) is 0 Å². The Morgan fingerprint density at radius 2 is 1.58 bits per heavy atom. The first-order valence-corrected chi connectivity index (χ1v) is 8.11. The molecule has 0 aromatic heterocycles. The van der Waals surface area contributed by atoms with Crippen molar-refractivity contribution in [1.29, 1.82) is 5.26 Å². The second kappa shape index (κ2) is 8.00. The number of nitrogens with zero attached hydrogens (tertiary/aromatic N) is 1. The molecule has 26 heavy (non-hydrogen) atoms. The highest BCUT2D eigenvalue weighted by Gasteiger charge is 2.15. The number of carbonyl (C=O) groups is 1. The Morgan fingerprint density at radius 3 is 2.27 bits per heavy atom. The van der Waals surface area contributed by atoms with E-state index >= 15 is 0 Å². The minimum absolute atomic E-state index is 0.364. The molecule has 3 aromatic rings. The van der Waals surface area contributed by atoms with Crippen LogP contribution < -0.4 is 4.74 Å². The Hall–Kier alpha value is -3.58. The zero-order valence-electron chi connectivity index (χ0n) is 14.3. The molecule has 0 saturated carbocycles. The number of hydrogen-bond donors (Lipinski definition) is 0. The summed E-state index contributed by atoms with van der Waals surface area (Å²) < 4.78 is 10.9. The Balaban J connectivity index is 1.89. The number of hydrogen-bond acceptors (Lipinski definition) is 4. The maximum atomic E-state index is 12.1. The van der Waals surface area contributed by atoms with Gasteiger partial charge in [-0.2, -0.15) is 5.26 Å². The van der Waals surface area contributed by atoms with E-state index in [4.69, 9.17) is 14.7 Å². The first kappa shape index (κ1) is 17.2. The molecule has 0 bridgehead atoms. The Morgan fingerprint density at radius 1 is 0.923 bits per heavy atom. The van der Waals surface area contributed by atoms with Gasteiger partial charge in [-0.15, -0.1) is 0 Å². The third-order valence-electron chi connectivity index (χ3n) is 3.99. The van der Waals surface area contributed by atoms with E-state index in [0.717, 1.165) is 16.7 Å². The molecule has 0 spiro atoms. The summed E-state index contributed by atoms with van der Waals surface area (Å²) in [5, 5.41) is 8.87. The SMILES string of the molecule is COC(=O)c1ccccc1-c1ccccc1OCc1ccc(C#N)cc1. The van der Waals surface area contributed by atoms with Gasteiger partial charge >= 0.3 is 5.97 Å². The molecule has 0 radical (unpaired) electrons. The summed E-state index contributed by atoms with van der Waals surface area (Å²) in [5.74, 6) is 0.288. The van der Waals surface area contributed by atoms with E-state index < -0.39 is 0 Å². The van der Waals surface area contributed by atoms with Crippen molar-refractivity contribution in [2.45, 2.75) is 6.61 Å². The molecule has 0 saturated heterocycles. The molecule has 0 aliphatic heterocycles. The lowest BCUT2D eigenvalue weighted by atomic mass is 9.99. The van der Waals surface area contributed by atoms with Crippen LogP contribution in [0.1, 0.15) is 21.5 Å². The van der Waals surface area contributed by atoms with E-state index in [9.17, 15) is 4.79 Å². The van der Waals surface area contributed by atoms with Gasteiger partial charge in [0.15, 0.2) is 0 Å². The number of rotatable bonds is 5. The molecule has 0 N–H and O–H groups in total. The predicted molar refractivity (Wildman–Crippen MR) is 98.7 cm³/mol. The van der Waals surface area contributed by atoms with E-state index in [1.165, 1.54) is 7.11 Å². The van der Waals surface area contributed by atoms with Crippen LogP contribution in [0.15, 0.2) is 72.8 Å². The molecule has 0 atom stereocenters. The molecule has 0 fully saturated rings. The molecule has 3 aromatic carbocycles. The summed E-state index contributed by atoms with van der Waals surface area (Å²) in [6.07, 6.45) is 0. The number of esters is 1. The fourth-order valence-electron chi connectivity index (χ4n) is 2.66. The van der Waals surface area contributed by atoms with Crippen LogP contribution in [0.25, 0.3) is 11.1 Å². The maximum absolute atomic E-state index is 12.1. The number of ether oxygens (including phenoxy) is 2. The van der Waals surface area contributed by atoms with Crippen LogP contribution in [-0.4, -0.2) is 13.1 Å². The summed E-state index contributed by atoms with van der Waals surface area (Å²) in [7, 11) is 1.37. The lowest BCUT2D eigenvalue weighted by Gasteiger charge is -2.14. The average molecular weight is 343 g/mol. The molecule has 0 unspecified atom stereocenters. The zero-order chi connectivity index (χ0) is 18.4. The average Bonchev–Trinajstić information content (AvgIpc) is 2.72. The molecular weight excluding hydrogens is 326 g/mol. The van der Waals surface area contributed by atoms with Gasteiger partial charge in [0.25, 0.3) is 0 Å². The second-order valence-corrected chi connectivity index (χ2v) is 5.63. The van der Waals surface area contributed by atoms with Crippen molar-refractivity contribution in [3.63, 3.8) is 0 Å². The van der Waals surface area contributed by atoms with Gasteiger partial charge in [0.1, 0.15) is 12.4 Å². The van der Waals surface area contributed by atoms with Crippen molar-refractivity contribution in [2.24, 2.45) is 0 Å². The number of para-hydroxylation sites is 1. The zero-order valence-corrected chi connectivity index (χ0v) is 14.3. The van der Waals surface area contributed by atoms with Gasteiger partial charge in [-0.3, -0.25) is 0 Å². The number of nitriles is 1. The standard InChI is InChI=1S/C22H17NO3/c1-25-22(24)20-8-3-2-6-18(20)19-7-4-5-9-21(19)26-15-17-12-10-16(14-23)11-13-17/h2-13H,15H2,1H3. The van der Waals surface area contributed by atoms with Crippen molar-refractivity contribution < 1.29 is 14.3 Å². The maximum Gasteiger partial charge on any atom is 0.338 e. The molecular formula is C22H17NO3. The van der Waals surface area contributed by atoms with Gasteiger partial charge in [-0.25, -0.2) is 4.79 Å². The molecule has 4 nitrogen and oxygen atoms in total. The second-order valence-electron chi connectivity index (χ2n) is 5.63. The molecule has 0 aliphatic carbocycles. The summed E-state index contributed by atoms with van der Waals surface area (Å²) in [6, 6.07) is 24.2. The van der Waals surface area contributed by atoms with Crippen LogP contribution in [0, 0.1) is 11.3 Å². The van der Waals surface area contributed by atoms with Crippen LogP contribution in [0.5, 0.6) is 5.75 Å². The van der Waals surface area contributed by atoms with Gasteiger partial charge < -0.3 is 9.47 Å². The lowest BCUT2D eigenvalue weighted by Crippen LogP contribution is -2.04. The van der Waals surface area contributed by atoms with Crippen molar-refractivity contribution in [1.82, 2.24) is 0 Å². The van der Waals surface area contributed by atoms with Crippen molar-refractivity contribution >= 4 is 5.97 Å². The van der Waals surface area contributed by atoms with Gasteiger partial charge in [-0.05, 0) is 35.4 Å². The van der Waals surface area contributed by atoms with Gasteiger partial charge in [0, 0.05) is 5.56 Å². The Kier molecular flexibility index (Phi) is 5.31. The fourth-order valence-corrected chi connectivity index (χ4v) is 2.66. The first-order valence-electron chi connectivity index (χ1n) is 8.11. The molecule has 3 rings (SSSR count). The number of methoxy groups -OCH3 is 1. The van der Waals surface area contributed by atoms with E-state index in [1.807, 2.05) is 48.5 Å². The van der Waals surface area contributed by atoms with Gasteiger partial charge in [0.05, 0.1) is 24.3 Å². The van der Waals surface area contributed by atoms with Crippen molar-refractivity contribution in [3.05, 3.63) is 89.5 Å². The molecule has 0 heterocycles. The van der Waals surface area contributed by atoms with Gasteiger partial charge in [0.2, 0.25) is 0 Å². The summed E-state index contributed by atoms with van der Waals surface area (Å²) in [6.45, 7) is 0.364. The Bertz CT molecular complexity index is 956. The summed E-state index contributed by atoms with van der Waals surface area (Å²) in [5.41, 5.74) is 3.64. The summed E-state index contributed by atoms with van der Waals surface area (Å²) >= 11 is 0.